The van der Waals surface area contributed by atoms with Crippen LogP contribution < -0.4 is 15.9 Å². The number of thiophene rings is 1. The first-order valence-electron chi connectivity index (χ1n) is 13.2. The lowest BCUT2D eigenvalue weighted by atomic mass is 10.0. The van der Waals surface area contributed by atoms with Crippen molar-refractivity contribution in [3.8, 4) is 16.2 Å². The summed E-state index contributed by atoms with van der Waals surface area (Å²) < 4.78 is 26.8. The van der Waals surface area contributed by atoms with Crippen molar-refractivity contribution >= 4 is 33.4 Å². The number of hydrogen-bond acceptors (Lipinski definition) is 7. The Labute approximate surface area is 241 Å². The minimum Gasteiger partial charge on any atom is -0.434 e. The van der Waals surface area contributed by atoms with E-state index < -0.39 is 11.6 Å². The normalized spacial score (nSPS) is 11.2. The summed E-state index contributed by atoms with van der Waals surface area (Å²) in [5, 5.41) is 0.417. The lowest BCUT2D eigenvalue weighted by Gasteiger charge is -2.18. The third-order valence-corrected chi connectivity index (χ3v) is 7.94. The molecule has 5 rings (SSSR count). The van der Waals surface area contributed by atoms with Gasteiger partial charge in [0.15, 0.2) is 5.75 Å². The quantitative estimate of drug-likeness (QED) is 0.157. The first-order valence-corrected chi connectivity index (χ1v) is 14.0. The summed E-state index contributed by atoms with van der Waals surface area (Å²) in [5.41, 5.74) is 9.41. The minimum atomic E-state index is -0.974. The third-order valence-electron chi connectivity index (χ3n) is 6.62. The Morgan fingerprint density at radius 1 is 1.00 bits per heavy atom. The summed E-state index contributed by atoms with van der Waals surface area (Å²) in [6.45, 7) is 2.97. The van der Waals surface area contributed by atoms with Crippen LogP contribution in [-0.4, -0.2) is 29.3 Å². The number of pyridine rings is 1. The summed E-state index contributed by atoms with van der Waals surface area (Å²) in [4.78, 5) is 29.9. The molecule has 0 unspecified atom stereocenters. The van der Waals surface area contributed by atoms with E-state index in [0.717, 1.165) is 21.6 Å². The SMILES string of the molecule is CCOC(=O)Oc1cn(Cc2ccccc2F)c2sc(-c3ccc(N)cc3)c(CN(C)Cc3ccccc3)c2c1=O. The van der Waals surface area contributed by atoms with E-state index in [1.807, 2.05) is 49.5 Å². The zero-order chi connectivity index (χ0) is 28.9. The van der Waals surface area contributed by atoms with Gasteiger partial charge >= 0.3 is 6.16 Å². The van der Waals surface area contributed by atoms with Crippen LogP contribution in [0.1, 0.15) is 23.6 Å². The first-order chi connectivity index (χ1) is 19.8. The van der Waals surface area contributed by atoms with Crippen LogP contribution in [0.25, 0.3) is 20.7 Å². The Morgan fingerprint density at radius 3 is 2.41 bits per heavy atom. The highest BCUT2D eigenvalue weighted by atomic mass is 32.1. The highest BCUT2D eigenvalue weighted by molar-refractivity contribution is 7.22. The zero-order valence-electron chi connectivity index (χ0n) is 22.8. The van der Waals surface area contributed by atoms with Gasteiger partial charge in [-0.1, -0.05) is 60.7 Å². The van der Waals surface area contributed by atoms with Gasteiger partial charge in [-0.05, 0) is 48.9 Å². The van der Waals surface area contributed by atoms with Crippen molar-refractivity contribution in [2.75, 3.05) is 19.4 Å². The number of ether oxygens (including phenoxy) is 2. The number of carbonyl (C=O) groups is 1. The monoisotopic (exact) mass is 571 g/mol. The van der Waals surface area contributed by atoms with E-state index in [4.69, 9.17) is 15.2 Å². The number of rotatable bonds is 9. The van der Waals surface area contributed by atoms with E-state index >= 15 is 0 Å². The van der Waals surface area contributed by atoms with Crippen LogP contribution in [0, 0.1) is 5.82 Å². The number of nitrogens with zero attached hydrogens (tertiary/aromatic N) is 2. The predicted molar refractivity (Wildman–Crippen MR) is 161 cm³/mol. The molecule has 0 aliphatic rings. The summed E-state index contributed by atoms with van der Waals surface area (Å²) in [6, 6.07) is 24.0. The lowest BCUT2D eigenvalue weighted by molar-refractivity contribution is 0.104. The molecule has 7 nitrogen and oxygen atoms in total. The van der Waals surface area contributed by atoms with Crippen molar-refractivity contribution in [3.05, 3.63) is 118 Å². The number of nitrogens with two attached hydrogens (primary N) is 1. The van der Waals surface area contributed by atoms with Crippen LogP contribution in [-0.2, 0) is 24.4 Å². The number of fused-ring (bicyclic) bond motifs is 1. The molecule has 0 fully saturated rings. The second-order valence-electron chi connectivity index (χ2n) is 9.70. The van der Waals surface area contributed by atoms with Crippen molar-refractivity contribution in [1.82, 2.24) is 9.47 Å². The van der Waals surface area contributed by atoms with E-state index in [-0.39, 0.29) is 24.7 Å². The van der Waals surface area contributed by atoms with Crippen molar-refractivity contribution in [2.45, 2.75) is 26.6 Å². The molecule has 0 amide bonds. The fourth-order valence-corrected chi connectivity index (χ4v) is 6.04. The highest BCUT2D eigenvalue weighted by Gasteiger charge is 2.24. The topological polar surface area (TPSA) is 86.8 Å². The van der Waals surface area contributed by atoms with Crippen LogP contribution in [0.5, 0.6) is 5.75 Å². The number of aromatic nitrogens is 1. The molecule has 3 aromatic carbocycles. The molecule has 0 bridgehead atoms. The fraction of sp³-hybridized carbons (Fsp3) is 0.188. The number of hydrogen-bond donors (Lipinski definition) is 1. The van der Waals surface area contributed by atoms with Crippen molar-refractivity contribution in [2.24, 2.45) is 0 Å². The van der Waals surface area contributed by atoms with Gasteiger partial charge in [0.05, 0.1) is 24.7 Å². The molecule has 2 heterocycles. The second kappa shape index (κ2) is 12.4. The molecule has 9 heteroatoms. The molecule has 0 aliphatic carbocycles. The van der Waals surface area contributed by atoms with E-state index in [9.17, 15) is 14.0 Å². The summed E-state index contributed by atoms with van der Waals surface area (Å²) in [6.07, 6.45) is 0.479. The predicted octanol–water partition coefficient (Wildman–Crippen LogP) is 6.67. The molecule has 41 heavy (non-hydrogen) atoms. The van der Waals surface area contributed by atoms with Gasteiger partial charge in [-0.15, -0.1) is 11.3 Å². The van der Waals surface area contributed by atoms with Gasteiger partial charge < -0.3 is 19.8 Å². The second-order valence-corrected chi connectivity index (χ2v) is 10.7. The maximum Gasteiger partial charge on any atom is 0.514 e. The van der Waals surface area contributed by atoms with Crippen molar-refractivity contribution < 1.29 is 18.7 Å². The van der Waals surface area contributed by atoms with E-state index in [1.165, 1.54) is 23.6 Å². The average molecular weight is 572 g/mol. The summed E-state index contributed by atoms with van der Waals surface area (Å²) >= 11 is 1.44. The van der Waals surface area contributed by atoms with Crippen molar-refractivity contribution in [3.63, 3.8) is 0 Å². The van der Waals surface area contributed by atoms with E-state index in [2.05, 4.69) is 17.0 Å². The number of nitrogen functional groups attached to an aromatic ring is 1. The van der Waals surface area contributed by atoms with Gasteiger partial charge in [-0.3, -0.25) is 9.69 Å². The summed E-state index contributed by atoms with van der Waals surface area (Å²) in [5.74, 6) is -0.550. The first kappa shape index (κ1) is 28.1. The molecule has 2 N–H and O–H groups in total. The van der Waals surface area contributed by atoms with Crippen LogP contribution in [0.2, 0.25) is 0 Å². The Morgan fingerprint density at radius 2 is 1.71 bits per heavy atom. The van der Waals surface area contributed by atoms with Gasteiger partial charge in [-0.2, -0.15) is 0 Å². The maximum absolute atomic E-state index is 14.7. The smallest absolute Gasteiger partial charge is 0.434 e. The molecule has 0 saturated carbocycles. The van der Waals surface area contributed by atoms with Crippen LogP contribution in [0.4, 0.5) is 14.9 Å². The van der Waals surface area contributed by atoms with Gasteiger partial charge in [-0.25, -0.2) is 9.18 Å². The number of carbonyl (C=O) groups excluding carboxylic acids is 1. The average Bonchev–Trinajstić information content (AvgIpc) is 3.33. The number of anilines is 1. The van der Waals surface area contributed by atoms with E-state index in [1.54, 1.807) is 29.7 Å². The number of halogens is 1. The fourth-order valence-electron chi connectivity index (χ4n) is 4.75. The molecule has 0 atom stereocenters. The molecule has 210 valence electrons. The van der Waals surface area contributed by atoms with Gasteiger partial charge in [0, 0.05) is 29.2 Å². The molecule has 0 saturated heterocycles. The molecule has 5 aromatic rings. The van der Waals surface area contributed by atoms with E-state index in [0.29, 0.717) is 34.6 Å². The van der Waals surface area contributed by atoms with Gasteiger partial charge in [0.25, 0.3) is 0 Å². The number of benzene rings is 3. The van der Waals surface area contributed by atoms with Crippen LogP contribution >= 0.6 is 11.3 Å². The summed E-state index contributed by atoms with van der Waals surface area (Å²) in [7, 11) is 1.99. The maximum atomic E-state index is 14.7. The molecule has 0 spiro atoms. The van der Waals surface area contributed by atoms with Crippen LogP contribution in [0.3, 0.4) is 0 Å². The third kappa shape index (κ3) is 6.32. The Kier molecular flexibility index (Phi) is 8.47. The molecular formula is C32H30FN3O4S. The van der Waals surface area contributed by atoms with Crippen molar-refractivity contribution in [1.29, 1.82) is 0 Å². The zero-order valence-corrected chi connectivity index (χ0v) is 23.6. The van der Waals surface area contributed by atoms with Crippen LogP contribution in [0.15, 0.2) is 89.9 Å². The largest absolute Gasteiger partial charge is 0.514 e. The van der Waals surface area contributed by atoms with Gasteiger partial charge in [0.1, 0.15) is 10.6 Å². The Balaban J connectivity index is 1.70. The minimum absolute atomic E-state index is 0.0970. The molecular weight excluding hydrogens is 541 g/mol. The molecule has 0 radical (unpaired) electrons. The van der Waals surface area contributed by atoms with Gasteiger partial charge in [0.2, 0.25) is 5.43 Å². The Hall–Kier alpha value is -4.47. The molecule has 2 aromatic heterocycles. The lowest BCUT2D eigenvalue weighted by Crippen LogP contribution is -2.21. The standard InChI is InChI=1S/C32H30FN3O4S/c1-3-39-32(38)40-27-20-36(18-23-11-7-8-12-26(23)33)31-28(29(27)37)25(19-35(2)17-21-9-5-4-6-10-21)30(41-31)22-13-15-24(34)16-14-22/h4-16,20H,3,17-19,34H2,1-2H3. The molecule has 0 aliphatic heterocycles. The Bertz CT molecular complexity index is 1730. The highest BCUT2D eigenvalue weighted by Crippen LogP contribution is 2.39.